The van der Waals surface area contributed by atoms with Crippen molar-refractivity contribution in [1.29, 1.82) is 0 Å². The molecule has 0 atom stereocenters. The van der Waals surface area contributed by atoms with Crippen LogP contribution < -0.4 is 5.73 Å². The molecule has 6 rings (SSSR count). The van der Waals surface area contributed by atoms with Gasteiger partial charge in [-0.25, -0.2) is 19.6 Å². The first kappa shape index (κ1) is 20.1. The van der Waals surface area contributed by atoms with E-state index in [1.165, 1.54) is 25.6 Å². The van der Waals surface area contributed by atoms with Gasteiger partial charge in [-0.1, -0.05) is 67.3 Å². The zero-order chi connectivity index (χ0) is 22.4. The lowest BCUT2D eigenvalue weighted by Crippen LogP contribution is -2.14. The normalized spacial score (nSPS) is 14.8. The van der Waals surface area contributed by atoms with E-state index >= 15 is 0 Å². The first-order valence-electron chi connectivity index (χ1n) is 11.3. The number of nitrogens with two attached hydrogens (primary N) is 1. The van der Waals surface area contributed by atoms with Crippen LogP contribution in [0.2, 0.25) is 5.02 Å². The van der Waals surface area contributed by atoms with Crippen LogP contribution in [0, 0.1) is 0 Å². The number of benzene rings is 2. The van der Waals surface area contributed by atoms with Crippen molar-refractivity contribution in [2.75, 3.05) is 5.73 Å². The summed E-state index contributed by atoms with van der Waals surface area (Å²) < 4.78 is 2.04. The quantitative estimate of drug-likeness (QED) is 0.338. The van der Waals surface area contributed by atoms with Gasteiger partial charge in [0.1, 0.15) is 17.8 Å². The topological polar surface area (TPSA) is 82.5 Å². The molecule has 0 bridgehead atoms. The number of anilines is 1. The third-order valence-electron chi connectivity index (χ3n) is 6.54. The summed E-state index contributed by atoms with van der Waals surface area (Å²) in [5, 5.41) is 7.35. The van der Waals surface area contributed by atoms with Crippen LogP contribution >= 0.6 is 11.6 Å². The van der Waals surface area contributed by atoms with Crippen molar-refractivity contribution in [3.8, 4) is 22.5 Å². The smallest absolute Gasteiger partial charge is 0.164 e. The molecule has 0 unspecified atom stereocenters. The van der Waals surface area contributed by atoms with Gasteiger partial charge >= 0.3 is 0 Å². The minimum absolute atomic E-state index is 0.311. The molecule has 2 aromatic carbocycles. The van der Waals surface area contributed by atoms with Crippen molar-refractivity contribution in [2.45, 2.75) is 38.1 Å². The molecule has 0 radical (unpaired) electrons. The van der Waals surface area contributed by atoms with E-state index in [0.717, 1.165) is 51.6 Å². The highest BCUT2D eigenvalue weighted by Gasteiger charge is 2.25. The molecule has 1 aliphatic carbocycles. The summed E-state index contributed by atoms with van der Waals surface area (Å²) in [6.07, 6.45) is 7.36. The SMILES string of the molecule is Nc1ncnc2c1c(-c1cc3nc(-c4ccccc4)ccc3cc1Cl)nn2C1CCCCC1. The second kappa shape index (κ2) is 8.12. The summed E-state index contributed by atoms with van der Waals surface area (Å²) in [5.41, 5.74) is 11.5. The van der Waals surface area contributed by atoms with E-state index in [1.54, 1.807) is 0 Å². The molecule has 2 N–H and O–H groups in total. The minimum Gasteiger partial charge on any atom is -0.383 e. The summed E-state index contributed by atoms with van der Waals surface area (Å²) in [4.78, 5) is 13.7. The number of pyridine rings is 1. The Morgan fingerprint density at radius 2 is 1.76 bits per heavy atom. The Hall–Kier alpha value is -3.51. The molecule has 6 nitrogen and oxygen atoms in total. The fourth-order valence-corrected chi connectivity index (χ4v) is 5.12. The largest absolute Gasteiger partial charge is 0.383 e. The van der Waals surface area contributed by atoms with Crippen molar-refractivity contribution >= 4 is 39.4 Å². The average molecular weight is 455 g/mol. The molecular weight excluding hydrogens is 432 g/mol. The molecule has 7 heteroatoms. The van der Waals surface area contributed by atoms with Gasteiger partial charge in [0.25, 0.3) is 0 Å². The Morgan fingerprint density at radius 3 is 2.58 bits per heavy atom. The van der Waals surface area contributed by atoms with Crippen molar-refractivity contribution < 1.29 is 0 Å². The Labute approximate surface area is 196 Å². The molecule has 3 aromatic heterocycles. The summed E-state index contributed by atoms with van der Waals surface area (Å²) >= 11 is 6.78. The van der Waals surface area contributed by atoms with Gasteiger partial charge in [-0.15, -0.1) is 0 Å². The molecule has 5 aromatic rings. The standard InChI is InChI=1S/C26H23ClN6/c27-20-13-17-11-12-21(16-7-3-1-4-8-16)31-22(17)14-19(20)24-23-25(28)29-15-30-26(23)33(32-24)18-9-5-2-6-10-18/h1,3-4,7-8,11-15,18H,2,5-6,9-10H2,(H2,28,29,30). The summed E-state index contributed by atoms with van der Waals surface area (Å²) in [6.45, 7) is 0. The van der Waals surface area contributed by atoms with Crippen molar-refractivity contribution in [3.63, 3.8) is 0 Å². The van der Waals surface area contributed by atoms with E-state index in [9.17, 15) is 0 Å². The predicted octanol–water partition coefficient (Wildman–Crippen LogP) is 6.45. The zero-order valence-electron chi connectivity index (χ0n) is 18.1. The maximum absolute atomic E-state index is 6.78. The van der Waals surface area contributed by atoms with Crippen LogP contribution in [0.4, 0.5) is 5.82 Å². The molecule has 0 aliphatic heterocycles. The second-order valence-electron chi connectivity index (χ2n) is 8.63. The predicted molar refractivity (Wildman–Crippen MR) is 133 cm³/mol. The van der Waals surface area contributed by atoms with E-state index in [1.807, 2.05) is 41.1 Å². The maximum Gasteiger partial charge on any atom is 0.164 e. The van der Waals surface area contributed by atoms with Crippen molar-refractivity contribution in [2.24, 2.45) is 0 Å². The van der Waals surface area contributed by atoms with Gasteiger partial charge in [0.05, 0.1) is 27.7 Å². The Kier molecular flexibility index (Phi) is 4.95. The zero-order valence-corrected chi connectivity index (χ0v) is 18.8. The summed E-state index contributed by atoms with van der Waals surface area (Å²) in [7, 11) is 0. The number of aromatic nitrogens is 5. The minimum atomic E-state index is 0.311. The first-order valence-corrected chi connectivity index (χ1v) is 11.7. The van der Waals surface area contributed by atoms with Crippen LogP contribution in [0.1, 0.15) is 38.1 Å². The van der Waals surface area contributed by atoms with Crippen LogP contribution in [-0.4, -0.2) is 24.7 Å². The van der Waals surface area contributed by atoms with Gasteiger partial charge in [-0.05, 0) is 31.0 Å². The van der Waals surface area contributed by atoms with Crippen LogP contribution in [0.15, 0.2) is 60.9 Å². The van der Waals surface area contributed by atoms with Crippen molar-refractivity contribution in [1.82, 2.24) is 24.7 Å². The Morgan fingerprint density at radius 1 is 0.939 bits per heavy atom. The fourth-order valence-electron chi connectivity index (χ4n) is 4.86. The van der Waals surface area contributed by atoms with Crippen LogP contribution in [-0.2, 0) is 0 Å². The van der Waals surface area contributed by atoms with Gasteiger partial charge in [0.2, 0.25) is 0 Å². The molecule has 1 fully saturated rings. The van der Waals surface area contributed by atoms with Crippen molar-refractivity contribution in [3.05, 3.63) is 65.9 Å². The summed E-state index contributed by atoms with van der Waals surface area (Å²) in [5.74, 6) is 0.416. The van der Waals surface area contributed by atoms with Gasteiger partial charge in [0.15, 0.2) is 5.65 Å². The van der Waals surface area contributed by atoms with Gasteiger partial charge in [-0.2, -0.15) is 5.10 Å². The fraction of sp³-hybridized carbons (Fsp3) is 0.231. The van der Waals surface area contributed by atoms with E-state index in [2.05, 4.69) is 28.2 Å². The molecular formula is C26H23ClN6. The third-order valence-corrected chi connectivity index (χ3v) is 6.85. The van der Waals surface area contributed by atoms with E-state index in [0.29, 0.717) is 22.6 Å². The number of halogens is 1. The molecule has 164 valence electrons. The van der Waals surface area contributed by atoms with E-state index < -0.39 is 0 Å². The van der Waals surface area contributed by atoms with Gasteiger partial charge < -0.3 is 5.73 Å². The summed E-state index contributed by atoms with van der Waals surface area (Å²) in [6, 6.07) is 18.5. The van der Waals surface area contributed by atoms with Crippen LogP contribution in [0.25, 0.3) is 44.5 Å². The number of rotatable bonds is 3. The highest BCUT2D eigenvalue weighted by Crippen LogP contribution is 2.39. The van der Waals surface area contributed by atoms with Crippen LogP contribution in [0.3, 0.4) is 0 Å². The number of hydrogen-bond acceptors (Lipinski definition) is 5. The lowest BCUT2D eigenvalue weighted by Gasteiger charge is -2.22. The Bertz CT molecular complexity index is 1470. The lowest BCUT2D eigenvalue weighted by atomic mass is 9.96. The van der Waals surface area contributed by atoms with Gasteiger partial charge in [0, 0.05) is 16.5 Å². The second-order valence-corrected chi connectivity index (χ2v) is 9.04. The molecule has 0 amide bonds. The molecule has 3 heterocycles. The Balaban J connectivity index is 1.55. The number of fused-ring (bicyclic) bond motifs is 2. The molecule has 33 heavy (non-hydrogen) atoms. The molecule has 1 aliphatic rings. The highest BCUT2D eigenvalue weighted by atomic mass is 35.5. The average Bonchev–Trinajstić information content (AvgIpc) is 3.25. The van der Waals surface area contributed by atoms with E-state index in [4.69, 9.17) is 27.4 Å². The lowest BCUT2D eigenvalue weighted by molar-refractivity contribution is 0.336. The molecule has 0 spiro atoms. The first-order chi connectivity index (χ1) is 16.2. The van der Waals surface area contributed by atoms with Gasteiger partial charge in [-0.3, -0.25) is 0 Å². The monoisotopic (exact) mass is 454 g/mol. The highest BCUT2D eigenvalue weighted by molar-refractivity contribution is 6.34. The molecule has 1 saturated carbocycles. The van der Waals surface area contributed by atoms with E-state index in [-0.39, 0.29) is 0 Å². The van der Waals surface area contributed by atoms with Crippen LogP contribution in [0.5, 0.6) is 0 Å². The number of nitrogens with zero attached hydrogens (tertiary/aromatic N) is 5. The number of hydrogen-bond donors (Lipinski definition) is 1. The third kappa shape index (κ3) is 3.51. The molecule has 0 saturated heterocycles. The maximum atomic E-state index is 6.78. The number of nitrogen functional groups attached to an aromatic ring is 1.